The molecule has 1 amide bonds. The number of rotatable bonds is 4. The van der Waals surface area contributed by atoms with Crippen molar-refractivity contribution in [3.63, 3.8) is 0 Å². The van der Waals surface area contributed by atoms with Gasteiger partial charge in [-0.3, -0.25) is 4.79 Å². The normalized spacial score (nSPS) is 14.2. The Bertz CT molecular complexity index is 1100. The molecule has 156 valence electrons. The molecule has 1 fully saturated rings. The lowest BCUT2D eigenvalue weighted by molar-refractivity contribution is -0.136. The van der Waals surface area contributed by atoms with Gasteiger partial charge in [0.1, 0.15) is 12.2 Å². The maximum Gasteiger partial charge on any atom is 0.244 e. The summed E-state index contributed by atoms with van der Waals surface area (Å²) in [6, 6.07) is 10.2. The molecule has 6 nitrogen and oxygen atoms in total. The topological polar surface area (TPSA) is 60.2 Å². The van der Waals surface area contributed by atoms with Crippen LogP contribution in [0.25, 0.3) is 22.5 Å². The third-order valence-electron chi connectivity index (χ3n) is 4.76. The first kappa shape index (κ1) is 21.4. The molecule has 30 heavy (non-hydrogen) atoms. The van der Waals surface area contributed by atoms with Crippen molar-refractivity contribution in [1.82, 2.24) is 19.9 Å². The van der Waals surface area contributed by atoms with E-state index in [2.05, 4.69) is 10.3 Å². The number of nitrogens with zero attached hydrogens (tertiary/aromatic N) is 4. The largest absolute Gasteiger partial charge is 0.378 e. The first-order chi connectivity index (χ1) is 14.4. The smallest absolute Gasteiger partial charge is 0.244 e. The second kappa shape index (κ2) is 9.12. The minimum Gasteiger partial charge on any atom is -0.378 e. The number of amides is 1. The van der Waals surface area contributed by atoms with Crippen LogP contribution in [0.1, 0.15) is 0 Å². The third kappa shape index (κ3) is 4.43. The fourth-order valence-corrected chi connectivity index (χ4v) is 4.27. The highest BCUT2D eigenvalue weighted by Crippen LogP contribution is 2.39. The second-order valence-corrected chi connectivity index (χ2v) is 8.37. The van der Waals surface area contributed by atoms with E-state index in [1.54, 1.807) is 41.3 Å². The summed E-state index contributed by atoms with van der Waals surface area (Å²) in [4.78, 5) is 14.6. The molecule has 1 aliphatic heterocycles. The van der Waals surface area contributed by atoms with Gasteiger partial charge in [-0.1, -0.05) is 51.6 Å². The third-order valence-corrected chi connectivity index (χ3v) is 5.85. The van der Waals surface area contributed by atoms with Crippen molar-refractivity contribution in [2.45, 2.75) is 6.54 Å². The molecule has 0 saturated carbocycles. The molecule has 10 heteroatoms. The molecular weight excluding hydrogens is 470 g/mol. The van der Waals surface area contributed by atoms with Gasteiger partial charge in [-0.25, -0.2) is 4.68 Å². The molecule has 0 unspecified atom stereocenters. The monoisotopic (exact) mass is 484 g/mol. The van der Waals surface area contributed by atoms with Crippen LogP contribution in [0.3, 0.4) is 0 Å². The summed E-state index contributed by atoms with van der Waals surface area (Å²) in [6.45, 7) is 2.13. The lowest BCUT2D eigenvalue weighted by Gasteiger charge is -2.27. The molecule has 1 saturated heterocycles. The van der Waals surface area contributed by atoms with Crippen molar-refractivity contribution >= 4 is 52.3 Å². The summed E-state index contributed by atoms with van der Waals surface area (Å²) in [7, 11) is 0. The second-order valence-electron chi connectivity index (χ2n) is 6.69. The van der Waals surface area contributed by atoms with Gasteiger partial charge in [0, 0.05) is 34.3 Å². The van der Waals surface area contributed by atoms with Gasteiger partial charge < -0.3 is 9.64 Å². The molecule has 2 aromatic carbocycles. The Labute approximate surface area is 193 Å². The average molecular weight is 486 g/mol. The van der Waals surface area contributed by atoms with Crippen LogP contribution in [0.4, 0.5) is 0 Å². The zero-order valence-corrected chi connectivity index (χ0v) is 18.6. The summed E-state index contributed by atoms with van der Waals surface area (Å²) in [5.41, 5.74) is 2.34. The molecule has 2 heterocycles. The molecule has 0 radical (unpaired) electrons. The average Bonchev–Trinajstić information content (AvgIpc) is 3.11. The Morgan fingerprint density at radius 1 is 0.933 bits per heavy atom. The van der Waals surface area contributed by atoms with E-state index in [1.165, 1.54) is 4.68 Å². The first-order valence-corrected chi connectivity index (χ1v) is 10.6. The van der Waals surface area contributed by atoms with Gasteiger partial charge in [0.05, 0.1) is 29.0 Å². The highest BCUT2D eigenvalue weighted by molar-refractivity contribution is 6.37. The Morgan fingerprint density at radius 2 is 1.53 bits per heavy atom. The van der Waals surface area contributed by atoms with Crippen molar-refractivity contribution in [2.75, 3.05) is 26.3 Å². The van der Waals surface area contributed by atoms with Crippen LogP contribution in [0.15, 0.2) is 36.4 Å². The van der Waals surface area contributed by atoms with E-state index in [1.807, 2.05) is 0 Å². The summed E-state index contributed by atoms with van der Waals surface area (Å²) >= 11 is 25.0. The molecule has 4 rings (SSSR count). The first-order valence-electron chi connectivity index (χ1n) is 9.14. The number of halogens is 4. The Kier molecular flexibility index (Phi) is 6.51. The number of morpholine rings is 1. The standard InChI is InChI=1S/C20H16Cl4N4O2/c21-12-1-3-14(16(23)9-12)19-20(15-4-2-13(22)10-17(15)24)28(26-25-19)11-18(29)27-5-7-30-8-6-27/h1-4,9-10H,5-8,11H2. The molecule has 1 aromatic heterocycles. The summed E-state index contributed by atoms with van der Waals surface area (Å²) in [6.07, 6.45) is 0. The highest BCUT2D eigenvalue weighted by atomic mass is 35.5. The van der Waals surface area contributed by atoms with Crippen molar-refractivity contribution in [2.24, 2.45) is 0 Å². The SMILES string of the molecule is O=C(Cn1nnc(-c2ccc(Cl)cc2Cl)c1-c1ccc(Cl)cc1Cl)N1CCOCC1. The summed E-state index contributed by atoms with van der Waals surface area (Å²) in [5.74, 6) is -0.0803. The lowest BCUT2D eigenvalue weighted by atomic mass is 10.0. The molecule has 0 spiro atoms. The van der Waals surface area contributed by atoms with Gasteiger partial charge in [-0.2, -0.15) is 0 Å². The van der Waals surface area contributed by atoms with Gasteiger partial charge in [0.15, 0.2) is 0 Å². The van der Waals surface area contributed by atoms with Gasteiger partial charge >= 0.3 is 0 Å². The molecule has 0 atom stereocenters. The van der Waals surface area contributed by atoms with Crippen LogP contribution in [-0.4, -0.2) is 52.1 Å². The van der Waals surface area contributed by atoms with E-state index < -0.39 is 0 Å². The van der Waals surface area contributed by atoms with Crippen LogP contribution < -0.4 is 0 Å². The van der Waals surface area contributed by atoms with Gasteiger partial charge in [-0.15, -0.1) is 5.10 Å². The Morgan fingerprint density at radius 3 is 2.13 bits per heavy atom. The predicted octanol–water partition coefficient (Wildman–Crippen LogP) is 5.08. The fourth-order valence-electron chi connectivity index (χ4n) is 3.28. The quantitative estimate of drug-likeness (QED) is 0.516. The summed E-state index contributed by atoms with van der Waals surface area (Å²) in [5, 5.41) is 10.4. The zero-order valence-electron chi connectivity index (χ0n) is 15.6. The van der Waals surface area contributed by atoms with E-state index in [4.69, 9.17) is 51.1 Å². The summed E-state index contributed by atoms with van der Waals surface area (Å²) < 4.78 is 6.86. The van der Waals surface area contributed by atoms with Crippen molar-refractivity contribution in [3.8, 4) is 22.5 Å². The minimum absolute atomic E-state index is 0.00645. The lowest BCUT2D eigenvalue weighted by Crippen LogP contribution is -2.42. The van der Waals surface area contributed by atoms with E-state index in [9.17, 15) is 4.79 Å². The van der Waals surface area contributed by atoms with E-state index in [-0.39, 0.29) is 12.5 Å². The zero-order chi connectivity index (χ0) is 21.3. The van der Waals surface area contributed by atoms with E-state index >= 15 is 0 Å². The highest BCUT2D eigenvalue weighted by Gasteiger charge is 2.24. The van der Waals surface area contributed by atoms with E-state index in [0.717, 1.165) is 0 Å². The van der Waals surface area contributed by atoms with Crippen LogP contribution >= 0.6 is 46.4 Å². The van der Waals surface area contributed by atoms with Crippen LogP contribution in [0.2, 0.25) is 20.1 Å². The van der Waals surface area contributed by atoms with E-state index in [0.29, 0.717) is 68.9 Å². The predicted molar refractivity (Wildman–Crippen MR) is 118 cm³/mol. The molecule has 0 N–H and O–H groups in total. The van der Waals surface area contributed by atoms with Crippen molar-refractivity contribution < 1.29 is 9.53 Å². The number of aromatic nitrogens is 3. The maximum atomic E-state index is 12.8. The molecule has 1 aliphatic rings. The number of ether oxygens (including phenoxy) is 1. The molecule has 0 aliphatic carbocycles. The molecule has 3 aromatic rings. The Balaban J connectivity index is 1.80. The number of carbonyl (C=O) groups excluding carboxylic acids is 1. The number of hydrogen-bond donors (Lipinski definition) is 0. The van der Waals surface area contributed by atoms with Crippen molar-refractivity contribution in [3.05, 3.63) is 56.5 Å². The van der Waals surface area contributed by atoms with Gasteiger partial charge in [0.2, 0.25) is 5.91 Å². The van der Waals surface area contributed by atoms with Gasteiger partial charge in [0.25, 0.3) is 0 Å². The fraction of sp³-hybridized carbons (Fsp3) is 0.250. The molecular formula is C20H16Cl4N4O2. The Hall–Kier alpha value is -1.83. The van der Waals surface area contributed by atoms with Gasteiger partial charge in [-0.05, 0) is 36.4 Å². The van der Waals surface area contributed by atoms with Crippen LogP contribution in [0, 0.1) is 0 Å². The minimum atomic E-state index is -0.0803. The number of hydrogen-bond acceptors (Lipinski definition) is 4. The maximum absolute atomic E-state index is 12.8. The number of benzene rings is 2. The van der Waals surface area contributed by atoms with Crippen LogP contribution in [-0.2, 0) is 16.1 Å². The number of carbonyl (C=O) groups is 1. The van der Waals surface area contributed by atoms with Crippen LogP contribution in [0.5, 0.6) is 0 Å². The van der Waals surface area contributed by atoms with Crippen molar-refractivity contribution in [1.29, 1.82) is 0 Å². The molecule has 0 bridgehead atoms.